The first-order valence-corrected chi connectivity index (χ1v) is 9.40. The minimum Gasteiger partial charge on any atom is -0.469 e. The normalized spacial score (nSPS) is 12.1. The van der Waals surface area contributed by atoms with Gasteiger partial charge in [0.15, 0.2) is 0 Å². The van der Waals surface area contributed by atoms with E-state index in [1.807, 2.05) is 0 Å². The van der Waals surface area contributed by atoms with E-state index in [2.05, 4.69) is 35.9 Å². The van der Waals surface area contributed by atoms with Gasteiger partial charge in [0.05, 0.1) is 12.5 Å². The summed E-state index contributed by atoms with van der Waals surface area (Å²) in [4.78, 5) is 11.1. The SMILES string of the molecule is CCCCCCCCC(Cl)c1ccc(CCCC(=O)OC)cc1. The second-order valence-electron chi connectivity index (χ2n) is 6.20. The highest BCUT2D eigenvalue weighted by atomic mass is 35.5. The predicted molar refractivity (Wildman–Crippen MR) is 98.0 cm³/mol. The number of carbonyl (C=O) groups is 1. The molecule has 1 aromatic carbocycles. The van der Waals surface area contributed by atoms with Crippen LogP contribution in [0.2, 0.25) is 0 Å². The summed E-state index contributed by atoms with van der Waals surface area (Å²) in [7, 11) is 1.43. The number of halogens is 1. The summed E-state index contributed by atoms with van der Waals surface area (Å²) >= 11 is 6.50. The maximum absolute atomic E-state index is 11.1. The van der Waals surface area contributed by atoms with Gasteiger partial charge in [-0.1, -0.05) is 69.7 Å². The lowest BCUT2D eigenvalue weighted by Crippen LogP contribution is -2.00. The van der Waals surface area contributed by atoms with Crippen LogP contribution in [0.4, 0.5) is 0 Å². The van der Waals surface area contributed by atoms with Crippen molar-refractivity contribution in [2.45, 2.75) is 76.5 Å². The number of hydrogen-bond acceptors (Lipinski definition) is 2. The Balaban J connectivity index is 2.25. The van der Waals surface area contributed by atoms with Gasteiger partial charge in [0.1, 0.15) is 0 Å². The van der Waals surface area contributed by atoms with Gasteiger partial charge in [-0.3, -0.25) is 4.79 Å². The maximum atomic E-state index is 11.1. The third-order valence-electron chi connectivity index (χ3n) is 4.23. The topological polar surface area (TPSA) is 26.3 Å². The average Bonchev–Trinajstić information content (AvgIpc) is 2.58. The zero-order valence-corrected chi connectivity index (χ0v) is 15.4. The fraction of sp³-hybridized carbons (Fsp3) is 0.650. The van der Waals surface area contributed by atoms with Crippen molar-refractivity contribution < 1.29 is 9.53 Å². The Morgan fingerprint density at radius 2 is 1.70 bits per heavy atom. The van der Waals surface area contributed by atoms with Crippen molar-refractivity contribution in [2.75, 3.05) is 7.11 Å². The number of esters is 1. The number of aryl methyl sites for hydroxylation is 1. The lowest BCUT2D eigenvalue weighted by atomic mass is 10.0. The van der Waals surface area contributed by atoms with E-state index in [1.54, 1.807) is 0 Å². The van der Waals surface area contributed by atoms with E-state index in [0.717, 1.165) is 19.3 Å². The van der Waals surface area contributed by atoms with Crippen molar-refractivity contribution in [1.82, 2.24) is 0 Å². The number of hydrogen-bond donors (Lipinski definition) is 0. The summed E-state index contributed by atoms with van der Waals surface area (Å²) in [6.07, 6.45) is 11.1. The van der Waals surface area contributed by atoms with Gasteiger partial charge in [0.25, 0.3) is 0 Å². The Bertz CT molecular complexity index is 428. The Hall–Kier alpha value is -1.02. The summed E-state index contributed by atoms with van der Waals surface area (Å²) in [6, 6.07) is 8.51. The fourth-order valence-electron chi connectivity index (χ4n) is 2.70. The highest BCUT2D eigenvalue weighted by molar-refractivity contribution is 6.20. The molecular formula is C20H31ClO2. The zero-order chi connectivity index (χ0) is 16.9. The molecule has 1 unspecified atom stereocenters. The van der Waals surface area contributed by atoms with E-state index in [0.29, 0.717) is 6.42 Å². The summed E-state index contributed by atoms with van der Waals surface area (Å²) < 4.78 is 4.65. The standard InChI is InChI=1S/C20H31ClO2/c1-3-4-5-6-7-8-11-19(21)18-15-13-17(14-16-18)10-9-12-20(22)23-2/h13-16,19H,3-12H2,1-2H3. The molecule has 1 aromatic rings. The maximum Gasteiger partial charge on any atom is 0.305 e. The molecule has 0 radical (unpaired) electrons. The van der Waals surface area contributed by atoms with E-state index >= 15 is 0 Å². The Kier molecular flexibility index (Phi) is 10.8. The van der Waals surface area contributed by atoms with E-state index in [9.17, 15) is 4.79 Å². The average molecular weight is 339 g/mol. The monoisotopic (exact) mass is 338 g/mol. The van der Waals surface area contributed by atoms with E-state index in [-0.39, 0.29) is 11.3 Å². The van der Waals surface area contributed by atoms with E-state index in [1.165, 1.54) is 56.8 Å². The molecule has 1 rings (SSSR count). The molecule has 0 saturated heterocycles. The molecule has 0 aliphatic heterocycles. The van der Waals surface area contributed by atoms with Crippen LogP contribution in [-0.2, 0) is 16.0 Å². The second kappa shape index (κ2) is 12.4. The Morgan fingerprint density at radius 1 is 1.04 bits per heavy atom. The van der Waals surface area contributed by atoms with E-state index in [4.69, 9.17) is 11.6 Å². The van der Waals surface area contributed by atoms with Crippen molar-refractivity contribution in [2.24, 2.45) is 0 Å². The number of carbonyl (C=O) groups excluding carboxylic acids is 1. The van der Waals surface area contributed by atoms with Gasteiger partial charge in [-0.25, -0.2) is 0 Å². The lowest BCUT2D eigenvalue weighted by Gasteiger charge is -2.11. The van der Waals surface area contributed by atoms with Gasteiger partial charge in [0, 0.05) is 6.42 Å². The van der Waals surface area contributed by atoms with Gasteiger partial charge < -0.3 is 4.74 Å². The zero-order valence-electron chi connectivity index (χ0n) is 14.7. The van der Waals surface area contributed by atoms with Gasteiger partial charge >= 0.3 is 5.97 Å². The molecule has 1 atom stereocenters. The molecule has 130 valence electrons. The van der Waals surface area contributed by atoms with E-state index < -0.39 is 0 Å². The van der Waals surface area contributed by atoms with Crippen molar-refractivity contribution in [3.8, 4) is 0 Å². The largest absolute Gasteiger partial charge is 0.469 e. The highest BCUT2D eigenvalue weighted by Crippen LogP contribution is 2.27. The number of methoxy groups -OCH3 is 1. The summed E-state index contributed by atoms with van der Waals surface area (Å²) in [6.45, 7) is 2.24. The van der Waals surface area contributed by atoms with Gasteiger partial charge in [-0.15, -0.1) is 11.6 Å². The molecule has 0 spiro atoms. The molecule has 0 aliphatic rings. The van der Waals surface area contributed by atoms with Crippen LogP contribution in [0.15, 0.2) is 24.3 Å². The molecule has 23 heavy (non-hydrogen) atoms. The van der Waals surface area contributed by atoms with Crippen LogP contribution in [0, 0.1) is 0 Å². The summed E-state index contributed by atoms with van der Waals surface area (Å²) in [5, 5.41) is 0.116. The molecular weight excluding hydrogens is 308 g/mol. The molecule has 0 bridgehead atoms. The Labute approximate surface area is 146 Å². The molecule has 0 aliphatic carbocycles. The number of ether oxygens (including phenoxy) is 1. The smallest absolute Gasteiger partial charge is 0.305 e. The first-order valence-electron chi connectivity index (χ1n) is 8.97. The molecule has 3 heteroatoms. The van der Waals surface area contributed by atoms with Gasteiger partial charge in [-0.05, 0) is 30.4 Å². The Morgan fingerprint density at radius 3 is 2.35 bits per heavy atom. The number of benzene rings is 1. The molecule has 0 aromatic heterocycles. The first-order chi connectivity index (χ1) is 11.2. The van der Waals surface area contributed by atoms with Crippen LogP contribution < -0.4 is 0 Å². The lowest BCUT2D eigenvalue weighted by molar-refractivity contribution is -0.140. The van der Waals surface area contributed by atoms with Gasteiger partial charge in [-0.2, -0.15) is 0 Å². The third kappa shape index (κ3) is 9.00. The van der Waals surface area contributed by atoms with Crippen LogP contribution in [0.25, 0.3) is 0 Å². The van der Waals surface area contributed by atoms with Crippen LogP contribution in [0.5, 0.6) is 0 Å². The molecule has 0 saturated carbocycles. The molecule has 0 N–H and O–H groups in total. The predicted octanol–water partition coefficient (Wildman–Crippen LogP) is 6.21. The quantitative estimate of drug-likeness (QED) is 0.257. The first kappa shape index (κ1) is 20.0. The van der Waals surface area contributed by atoms with Crippen molar-refractivity contribution in [3.63, 3.8) is 0 Å². The van der Waals surface area contributed by atoms with Crippen LogP contribution in [-0.4, -0.2) is 13.1 Å². The molecule has 0 amide bonds. The van der Waals surface area contributed by atoms with Crippen molar-refractivity contribution in [3.05, 3.63) is 35.4 Å². The minimum absolute atomic E-state index is 0.116. The molecule has 0 fully saturated rings. The molecule has 0 heterocycles. The highest BCUT2D eigenvalue weighted by Gasteiger charge is 2.08. The molecule has 2 nitrogen and oxygen atoms in total. The van der Waals surface area contributed by atoms with Crippen LogP contribution in [0.3, 0.4) is 0 Å². The van der Waals surface area contributed by atoms with Crippen LogP contribution >= 0.6 is 11.6 Å². The summed E-state index contributed by atoms with van der Waals surface area (Å²) in [5.41, 5.74) is 2.46. The fourth-order valence-corrected chi connectivity index (χ4v) is 3.00. The summed E-state index contributed by atoms with van der Waals surface area (Å²) in [5.74, 6) is -0.138. The number of unbranched alkanes of at least 4 members (excludes halogenated alkanes) is 5. The second-order valence-corrected chi connectivity index (χ2v) is 6.72. The van der Waals surface area contributed by atoms with Crippen LogP contribution in [0.1, 0.15) is 81.2 Å². The number of rotatable bonds is 12. The minimum atomic E-state index is -0.138. The van der Waals surface area contributed by atoms with Crippen molar-refractivity contribution >= 4 is 17.6 Å². The third-order valence-corrected chi connectivity index (χ3v) is 4.70. The van der Waals surface area contributed by atoms with Gasteiger partial charge in [0.2, 0.25) is 0 Å². The van der Waals surface area contributed by atoms with Crippen molar-refractivity contribution in [1.29, 1.82) is 0 Å². The number of alkyl halides is 1.